The van der Waals surface area contributed by atoms with Gasteiger partial charge in [0.15, 0.2) is 0 Å². The number of hydrogen-bond donors (Lipinski definition) is 1. The van der Waals surface area contributed by atoms with E-state index in [1.165, 1.54) is 5.69 Å². The number of rotatable bonds is 7. The molecule has 0 aromatic heterocycles. The Morgan fingerprint density at radius 3 is 2.50 bits per heavy atom. The third-order valence-corrected chi connectivity index (χ3v) is 3.59. The minimum atomic E-state index is -0.364. The average molecular weight is 245 g/mol. The molecule has 18 heavy (non-hydrogen) atoms. The Hall–Kier alpha value is -1.53. The molecule has 0 fully saturated rings. The quantitative estimate of drug-likeness (QED) is 0.803. The van der Waals surface area contributed by atoms with E-state index < -0.39 is 0 Å². The lowest BCUT2D eigenvalue weighted by atomic mass is 9.92. The lowest BCUT2D eigenvalue weighted by molar-refractivity contribution is 0.393. The summed E-state index contributed by atoms with van der Waals surface area (Å²) in [5, 5.41) is 12.4. The van der Waals surface area contributed by atoms with Gasteiger partial charge >= 0.3 is 0 Å². The van der Waals surface area contributed by atoms with Crippen molar-refractivity contribution >= 4 is 5.69 Å². The van der Waals surface area contributed by atoms with Crippen LogP contribution in [0.4, 0.5) is 5.69 Å². The smallest absolute Gasteiger partial charge is 0.106 e. The SMILES string of the molecule is CCC(C#N)(CCCN(C)c1ccccc1)NC. The molecule has 0 saturated heterocycles. The molecule has 0 aliphatic rings. The highest BCUT2D eigenvalue weighted by atomic mass is 15.1. The van der Waals surface area contributed by atoms with Crippen molar-refractivity contribution in [1.82, 2.24) is 5.32 Å². The Morgan fingerprint density at radius 2 is 2.00 bits per heavy atom. The zero-order chi connectivity index (χ0) is 13.4. The maximum atomic E-state index is 9.23. The van der Waals surface area contributed by atoms with Crippen LogP contribution in [0.15, 0.2) is 30.3 Å². The van der Waals surface area contributed by atoms with E-state index >= 15 is 0 Å². The summed E-state index contributed by atoms with van der Waals surface area (Å²) in [4.78, 5) is 2.23. The van der Waals surface area contributed by atoms with Crippen molar-refractivity contribution in [2.24, 2.45) is 0 Å². The highest BCUT2D eigenvalue weighted by molar-refractivity contribution is 5.44. The molecule has 3 heteroatoms. The Balaban J connectivity index is 2.45. The predicted octanol–water partition coefficient (Wildman–Crippen LogP) is 2.79. The van der Waals surface area contributed by atoms with Crippen LogP contribution in [0.25, 0.3) is 0 Å². The van der Waals surface area contributed by atoms with Crippen LogP contribution in [0.5, 0.6) is 0 Å². The second kappa shape index (κ2) is 7.03. The fourth-order valence-corrected chi connectivity index (χ4v) is 2.10. The fraction of sp³-hybridized carbons (Fsp3) is 0.533. The second-order valence-electron chi connectivity index (χ2n) is 4.66. The van der Waals surface area contributed by atoms with E-state index in [0.29, 0.717) is 0 Å². The Morgan fingerprint density at radius 1 is 1.33 bits per heavy atom. The molecule has 0 radical (unpaired) electrons. The standard InChI is InChI=1S/C15H23N3/c1-4-15(13-16,17-2)11-8-12-18(3)14-9-6-5-7-10-14/h5-7,9-10,17H,4,8,11-12H2,1-3H3. The molecule has 0 heterocycles. The minimum Gasteiger partial charge on any atom is -0.375 e. The van der Waals surface area contributed by atoms with Crippen LogP contribution in [-0.2, 0) is 0 Å². The molecule has 1 aromatic carbocycles. The number of benzene rings is 1. The van der Waals surface area contributed by atoms with Gasteiger partial charge in [0, 0.05) is 19.3 Å². The van der Waals surface area contributed by atoms with E-state index in [4.69, 9.17) is 0 Å². The highest BCUT2D eigenvalue weighted by Crippen LogP contribution is 2.18. The van der Waals surface area contributed by atoms with Crippen LogP contribution >= 0.6 is 0 Å². The monoisotopic (exact) mass is 245 g/mol. The van der Waals surface area contributed by atoms with Gasteiger partial charge in [-0.25, -0.2) is 0 Å². The predicted molar refractivity (Wildman–Crippen MR) is 76.6 cm³/mol. The molecule has 1 atom stereocenters. The number of anilines is 1. The van der Waals surface area contributed by atoms with E-state index in [0.717, 1.165) is 25.8 Å². The van der Waals surface area contributed by atoms with Gasteiger partial charge in [-0.05, 0) is 38.4 Å². The molecule has 98 valence electrons. The molecule has 0 aliphatic carbocycles. The molecule has 0 aliphatic heterocycles. The Labute approximate surface area is 110 Å². The first-order chi connectivity index (χ1) is 8.67. The van der Waals surface area contributed by atoms with Gasteiger partial charge in [-0.3, -0.25) is 0 Å². The van der Waals surface area contributed by atoms with Crippen molar-refractivity contribution in [2.45, 2.75) is 31.7 Å². The van der Waals surface area contributed by atoms with Gasteiger partial charge < -0.3 is 10.2 Å². The summed E-state index contributed by atoms with van der Waals surface area (Å²) >= 11 is 0. The number of nitriles is 1. The van der Waals surface area contributed by atoms with Crippen LogP contribution < -0.4 is 10.2 Å². The lowest BCUT2D eigenvalue weighted by Crippen LogP contribution is -2.41. The minimum absolute atomic E-state index is 0.364. The largest absolute Gasteiger partial charge is 0.375 e. The fourth-order valence-electron chi connectivity index (χ4n) is 2.10. The average Bonchev–Trinajstić information content (AvgIpc) is 2.45. The maximum absolute atomic E-state index is 9.23. The maximum Gasteiger partial charge on any atom is 0.106 e. The van der Waals surface area contributed by atoms with Crippen molar-refractivity contribution in [1.29, 1.82) is 5.26 Å². The summed E-state index contributed by atoms with van der Waals surface area (Å²) in [7, 11) is 3.96. The molecule has 1 aromatic rings. The van der Waals surface area contributed by atoms with E-state index in [9.17, 15) is 5.26 Å². The van der Waals surface area contributed by atoms with Crippen molar-refractivity contribution in [3.05, 3.63) is 30.3 Å². The van der Waals surface area contributed by atoms with E-state index in [1.807, 2.05) is 25.2 Å². The molecule has 0 bridgehead atoms. The highest BCUT2D eigenvalue weighted by Gasteiger charge is 2.24. The molecular formula is C15H23N3. The summed E-state index contributed by atoms with van der Waals surface area (Å²) in [6.45, 7) is 3.02. The molecular weight excluding hydrogens is 222 g/mol. The number of nitrogens with zero attached hydrogens (tertiary/aromatic N) is 2. The first kappa shape index (κ1) is 14.5. The van der Waals surface area contributed by atoms with E-state index in [2.05, 4.69) is 42.4 Å². The van der Waals surface area contributed by atoms with E-state index in [-0.39, 0.29) is 5.54 Å². The number of nitrogens with one attached hydrogen (secondary N) is 1. The van der Waals surface area contributed by atoms with E-state index in [1.54, 1.807) is 0 Å². The van der Waals surface area contributed by atoms with Gasteiger partial charge in [0.25, 0.3) is 0 Å². The number of hydrogen-bond acceptors (Lipinski definition) is 3. The molecule has 3 nitrogen and oxygen atoms in total. The lowest BCUT2D eigenvalue weighted by Gasteiger charge is -2.26. The van der Waals surface area contributed by atoms with Crippen LogP contribution in [-0.4, -0.2) is 26.2 Å². The molecule has 0 amide bonds. The summed E-state index contributed by atoms with van der Waals surface area (Å²) < 4.78 is 0. The van der Waals surface area contributed by atoms with Crippen LogP contribution in [0, 0.1) is 11.3 Å². The summed E-state index contributed by atoms with van der Waals surface area (Å²) in [6, 6.07) is 12.7. The van der Waals surface area contributed by atoms with Crippen molar-refractivity contribution in [3.8, 4) is 6.07 Å². The summed E-state index contributed by atoms with van der Waals surface area (Å²) in [5.41, 5.74) is 0.860. The molecule has 1 rings (SSSR count). The molecule has 0 saturated carbocycles. The normalized spacial score (nSPS) is 13.7. The first-order valence-electron chi connectivity index (χ1n) is 6.54. The van der Waals surface area contributed by atoms with Gasteiger partial charge in [0.05, 0.1) is 6.07 Å². The second-order valence-corrected chi connectivity index (χ2v) is 4.66. The zero-order valence-electron chi connectivity index (χ0n) is 11.6. The third kappa shape index (κ3) is 3.75. The van der Waals surface area contributed by atoms with Gasteiger partial charge in [-0.1, -0.05) is 25.1 Å². The summed E-state index contributed by atoms with van der Waals surface area (Å²) in [5.74, 6) is 0. The van der Waals surface area contributed by atoms with Crippen molar-refractivity contribution < 1.29 is 0 Å². The van der Waals surface area contributed by atoms with Crippen molar-refractivity contribution in [2.75, 3.05) is 25.5 Å². The van der Waals surface area contributed by atoms with Crippen LogP contribution in [0.3, 0.4) is 0 Å². The van der Waals surface area contributed by atoms with Crippen LogP contribution in [0.1, 0.15) is 26.2 Å². The van der Waals surface area contributed by atoms with Gasteiger partial charge in [-0.2, -0.15) is 5.26 Å². The van der Waals surface area contributed by atoms with Gasteiger partial charge in [0.2, 0.25) is 0 Å². The van der Waals surface area contributed by atoms with Crippen molar-refractivity contribution in [3.63, 3.8) is 0 Å². The van der Waals surface area contributed by atoms with Gasteiger partial charge in [0.1, 0.15) is 5.54 Å². The molecule has 0 spiro atoms. The Bertz CT molecular complexity index is 376. The molecule has 1 N–H and O–H groups in total. The first-order valence-corrected chi connectivity index (χ1v) is 6.54. The Kier molecular flexibility index (Phi) is 5.67. The number of para-hydroxylation sites is 1. The third-order valence-electron chi connectivity index (χ3n) is 3.59. The van der Waals surface area contributed by atoms with Gasteiger partial charge in [-0.15, -0.1) is 0 Å². The topological polar surface area (TPSA) is 39.1 Å². The zero-order valence-corrected chi connectivity index (χ0v) is 11.6. The summed E-state index contributed by atoms with van der Waals surface area (Å²) in [6.07, 6.45) is 2.73. The van der Waals surface area contributed by atoms with Crippen LogP contribution in [0.2, 0.25) is 0 Å². The molecule has 1 unspecified atom stereocenters.